The molecule has 16 heavy (non-hydrogen) atoms. The van der Waals surface area contributed by atoms with E-state index >= 15 is 0 Å². The molecule has 0 amide bonds. The summed E-state index contributed by atoms with van der Waals surface area (Å²) in [6, 6.07) is 2.08. The summed E-state index contributed by atoms with van der Waals surface area (Å²) in [5, 5.41) is 4.22. The second-order valence-corrected chi connectivity index (χ2v) is 4.92. The van der Waals surface area contributed by atoms with Gasteiger partial charge in [-0.25, -0.2) is 0 Å². The molecule has 1 saturated heterocycles. The van der Waals surface area contributed by atoms with Crippen LogP contribution in [0.1, 0.15) is 24.8 Å². The molecule has 0 N–H and O–H groups in total. The zero-order valence-electron chi connectivity index (χ0n) is 9.52. The molecule has 0 bridgehead atoms. The lowest BCUT2D eigenvalue weighted by Crippen LogP contribution is -2.44. The number of nitrogens with zero attached hydrogens (tertiary/aromatic N) is 1. The standard InChI is InChI=1S/C12H17NO2S/c1-15-12(14)11-4-2-3-6-13(11)8-10-5-7-16-9-10/h5,7,9,11H,2-4,6,8H2,1H3/t11-/m1/s1. The summed E-state index contributed by atoms with van der Waals surface area (Å²) in [7, 11) is 1.47. The van der Waals surface area contributed by atoms with Gasteiger partial charge in [0.2, 0.25) is 0 Å². The van der Waals surface area contributed by atoms with Gasteiger partial charge in [-0.3, -0.25) is 9.69 Å². The van der Waals surface area contributed by atoms with Crippen molar-refractivity contribution in [1.82, 2.24) is 4.90 Å². The van der Waals surface area contributed by atoms with Crippen LogP contribution in [-0.4, -0.2) is 30.6 Å². The Kier molecular flexibility index (Phi) is 3.96. The van der Waals surface area contributed by atoms with Gasteiger partial charge in [0.15, 0.2) is 0 Å². The van der Waals surface area contributed by atoms with Crippen molar-refractivity contribution in [2.75, 3.05) is 13.7 Å². The van der Waals surface area contributed by atoms with Gasteiger partial charge in [0.25, 0.3) is 0 Å². The molecule has 88 valence electrons. The molecular formula is C12H17NO2S. The Bertz CT molecular complexity index is 337. The number of hydrogen-bond acceptors (Lipinski definition) is 4. The highest BCUT2D eigenvalue weighted by Crippen LogP contribution is 2.21. The first kappa shape index (κ1) is 11.6. The van der Waals surface area contributed by atoms with Crippen LogP contribution in [0.4, 0.5) is 0 Å². The van der Waals surface area contributed by atoms with E-state index in [0.29, 0.717) is 0 Å². The van der Waals surface area contributed by atoms with Crippen LogP contribution >= 0.6 is 11.3 Å². The van der Waals surface area contributed by atoms with Crippen LogP contribution in [0.3, 0.4) is 0 Å². The number of rotatable bonds is 3. The van der Waals surface area contributed by atoms with Crippen LogP contribution in [-0.2, 0) is 16.1 Å². The van der Waals surface area contributed by atoms with Gasteiger partial charge >= 0.3 is 5.97 Å². The minimum atomic E-state index is -0.0880. The van der Waals surface area contributed by atoms with Crippen molar-refractivity contribution in [2.45, 2.75) is 31.8 Å². The Balaban J connectivity index is 2.02. The van der Waals surface area contributed by atoms with Crippen LogP contribution in [0, 0.1) is 0 Å². The zero-order chi connectivity index (χ0) is 11.4. The van der Waals surface area contributed by atoms with E-state index in [0.717, 1.165) is 25.9 Å². The monoisotopic (exact) mass is 239 g/mol. The molecule has 0 unspecified atom stereocenters. The number of likely N-dealkylation sites (tertiary alicyclic amines) is 1. The molecule has 1 aliphatic rings. The summed E-state index contributed by atoms with van der Waals surface area (Å²) in [5.41, 5.74) is 1.29. The van der Waals surface area contributed by atoms with Crippen LogP contribution in [0.25, 0.3) is 0 Å². The van der Waals surface area contributed by atoms with E-state index in [1.807, 2.05) is 0 Å². The highest BCUT2D eigenvalue weighted by molar-refractivity contribution is 7.07. The molecule has 2 heterocycles. The number of ether oxygens (including phenoxy) is 1. The summed E-state index contributed by atoms with van der Waals surface area (Å²) in [6.45, 7) is 1.86. The Hall–Kier alpha value is -0.870. The average molecular weight is 239 g/mol. The number of carbonyl (C=O) groups excluding carboxylic acids is 1. The summed E-state index contributed by atoms with van der Waals surface area (Å²) in [6.07, 6.45) is 3.23. The smallest absolute Gasteiger partial charge is 0.323 e. The number of carbonyl (C=O) groups is 1. The Labute approximate surface area is 100 Å². The number of hydrogen-bond donors (Lipinski definition) is 0. The van der Waals surface area contributed by atoms with Gasteiger partial charge in [-0.1, -0.05) is 6.42 Å². The predicted molar refractivity (Wildman–Crippen MR) is 64.4 cm³/mol. The lowest BCUT2D eigenvalue weighted by Gasteiger charge is -2.33. The fourth-order valence-electron chi connectivity index (χ4n) is 2.20. The normalized spacial score (nSPS) is 21.9. The highest BCUT2D eigenvalue weighted by Gasteiger charge is 2.29. The van der Waals surface area contributed by atoms with E-state index in [1.54, 1.807) is 11.3 Å². The fraction of sp³-hybridized carbons (Fsp3) is 0.583. The molecule has 1 aromatic rings. The van der Waals surface area contributed by atoms with Gasteiger partial charge < -0.3 is 4.74 Å². The topological polar surface area (TPSA) is 29.5 Å². The Morgan fingerprint density at radius 3 is 3.19 bits per heavy atom. The SMILES string of the molecule is COC(=O)[C@H]1CCCCN1Cc1ccsc1. The van der Waals surface area contributed by atoms with Gasteiger partial charge in [-0.15, -0.1) is 0 Å². The van der Waals surface area contributed by atoms with Crippen molar-refractivity contribution in [2.24, 2.45) is 0 Å². The van der Waals surface area contributed by atoms with Gasteiger partial charge in [-0.05, 0) is 41.8 Å². The summed E-state index contributed by atoms with van der Waals surface area (Å²) in [4.78, 5) is 13.9. The molecule has 1 fully saturated rings. The van der Waals surface area contributed by atoms with Gasteiger partial charge in [0.1, 0.15) is 6.04 Å². The minimum Gasteiger partial charge on any atom is -0.468 e. The number of thiophene rings is 1. The van der Waals surface area contributed by atoms with E-state index in [1.165, 1.54) is 19.1 Å². The molecule has 1 atom stereocenters. The van der Waals surface area contributed by atoms with Crippen LogP contribution in [0.5, 0.6) is 0 Å². The molecule has 4 heteroatoms. The van der Waals surface area contributed by atoms with Gasteiger partial charge in [-0.2, -0.15) is 11.3 Å². The molecular weight excluding hydrogens is 222 g/mol. The van der Waals surface area contributed by atoms with Crippen LogP contribution in [0.2, 0.25) is 0 Å². The van der Waals surface area contributed by atoms with Crippen molar-refractivity contribution in [3.05, 3.63) is 22.4 Å². The third-order valence-corrected chi connectivity index (χ3v) is 3.78. The van der Waals surface area contributed by atoms with E-state index in [9.17, 15) is 4.79 Å². The second kappa shape index (κ2) is 5.46. The molecule has 1 aliphatic heterocycles. The van der Waals surface area contributed by atoms with Crippen molar-refractivity contribution in [1.29, 1.82) is 0 Å². The van der Waals surface area contributed by atoms with E-state index in [4.69, 9.17) is 4.74 Å². The van der Waals surface area contributed by atoms with Crippen molar-refractivity contribution < 1.29 is 9.53 Å². The highest BCUT2D eigenvalue weighted by atomic mass is 32.1. The molecule has 2 rings (SSSR count). The van der Waals surface area contributed by atoms with E-state index in [2.05, 4.69) is 21.7 Å². The zero-order valence-corrected chi connectivity index (χ0v) is 10.3. The second-order valence-electron chi connectivity index (χ2n) is 4.14. The lowest BCUT2D eigenvalue weighted by molar-refractivity contribution is -0.148. The molecule has 0 aromatic carbocycles. The van der Waals surface area contributed by atoms with E-state index < -0.39 is 0 Å². The summed E-state index contributed by atoms with van der Waals surface area (Å²) >= 11 is 1.70. The Morgan fingerprint density at radius 1 is 1.62 bits per heavy atom. The predicted octanol–water partition coefficient (Wildman–Crippen LogP) is 2.28. The Morgan fingerprint density at radius 2 is 2.50 bits per heavy atom. The maximum absolute atomic E-state index is 11.6. The summed E-state index contributed by atoms with van der Waals surface area (Å²) < 4.78 is 4.86. The quantitative estimate of drug-likeness (QED) is 0.758. The third-order valence-electron chi connectivity index (χ3n) is 3.05. The third kappa shape index (κ3) is 2.62. The first-order valence-corrected chi connectivity index (χ1v) is 6.58. The first-order valence-electron chi connectivity index (χ1n) is 5.64. The van der Waals surface area contributed by atoms with Gasteiger partial charge in [0, 0.05) is 6.54 Å². The molecule has 0 radical (unpaired) electrons. The minimum absolute atomic E-state index is 0.0429. The van der Waals surface area contributed by atoms with E-state index in [-0.39, 0.29) is 12.0 Å². The number of esters is 1. The fourth-order valence-corrected chi connectivity index (χ4v) is 2.86. The van der Waals surface area contributed by atoms with Crippen LogP contribution < -0.4 is 0 Å². The molecule has 0 aliphatic carbocycles. The van der Waals surface area contributed by atoms with Gasteiger partial charge in [0.05, 0.1) is 7.11 Å². The lowest BCUT2D eigenvalue weighted by atomic mass is 10.0. The average Bonchev–Trinajstić information content (AvgIpc) is 2.82. The molecule has 1 aromatic heterocycles. The van der Waals surface area contributed by atoms with Crippen molar-refractivity contribution in [3.8, 4) is 0 Å². The molecule has 0 spiro atoms. The maximum Gasteiger partial charge on any atom is 0.323 e. The van der Waals surface area contributed by atoms with Crippen LogP contribution in [0.15, 0.2) is 16.8 Å². The first-order chi connectivity index (χ1) is 7.81. The largest absolute Gasteiger partial charge is 0.468 e. The molecule has 3 nitrogen and oxygen atoms in total. The molecule has 0 saturated carbocycles. The van der Waals surface area contributed by atoms with Crippen molar-refractivity contribution in [3.63, 3.8) is 0 Å². The maximum atomic E-state index is 11.6. The summed E-state index contributed by atoms with van der Waals surface area (Å²) in [5.74, 6) is -0.0880. The number of methoxy groups -OCH3 is 1. The number of piperidine rings is 1. The van der Waals surface area contributed by atoms with Crippen molar-refractivity contribution >= 4 is 17.3 Å².